The van der Waals surface area contributed by atoms with E-state index in [-0.39, 0.29) is 0 Å². The highest BCUT2D eigenvalue weighted by atomic mass is 16.5. The Bertz CT molecular complexity index is 285. The predicted octanol–water partition coefficient (Wildman–Crippen LogP) is 0.378. The summed E-state index contributed by atoms with van der Waals surface area (Å²) in [4.78, 5) is 0. The molecule has 5 nitrogen and oxygen atoms in total. The largest absolute Gasteiger partial charge is 0.385 e. The Morgan fingerprint density at radius 2 is 2.27 bits per heavy atom. The van der Waals surface area contributed by atoms with Crippen molar-refractivity contribution in [2.75, 3.05) is 20.3 Å². The lowest BCUT2D eigenvalue weighted by Crippen LogP contribution is -2.09. The summed E-state index contributed by atoms with van der Waals surface area (Å²) >= 11 is 0. The molecular formula is C10H20N4O. The van der Waals surface area contributed by atoms with Gasteiger partial charge in [0, 0.05) is 26.7 Å². The Labute approximate surface area is 90.6 Å². The summed E-state index contributed by atoms with van der Waals surface area (Å²) in [6.45, 7) is 4.37. The topological polar surface area (TPSA) is 66.0 Å². The van der Waals surface area contributed by atoms with Crippen molar-refractivity contribution in [3.8, 4) is 0 Å². The van der Waals surface area contributed by atoms with Gasteiger partial charge in [-0.1, -0.05) is 12.1 Å². The van der Waals surface area contributed by atoms with Gasteiger partial charge < -0.3 is 10.5 Å². The van der Waals surface area contributed by atoms with Gasteiger partial charge in [0.25, 0.3) is 0 Å². The van der Waals surface area contributed by atoms with Gasteiger partial charge in [0.2, 0.25) is 0 Å². The highest BCUT2D eigenvalue weighted by molar-refractivity contribution is 5.10. The summed E-state index contributed by atoms with van der Waals surface area (Å²) in [5, 5.41) is 8.28. The molecule has 5 heteroatoms. The van der Waals surface area contributed by atoms with Gasteiger partial charge in [-0.15, -0.1) is 5.10 Å². The molecule has 0 bridgehead atoms. The van der Waals surface area contributed by atoms with E-state index in [2.05, 4.69) is 17.2 Å². The van der Waals surface area contributed by atoms with Crippen molar-refractivity contribution < 1.29 is 4.74 Å². The summed E-state index contributed by atoms with van der Waals surface area (Å²) < 4.78 is 6.97. The first-order valence-corrected chi connectivity index (χ1v) is 5.43. The van der Waals surface area contributed by atoms with Crippen LogP contribution in [-0.2, 0) is 24.1 Å². The Kier molecular flexibility index (Phi) is 5.28. The van der Waals surface area contributed by atoms with Crippen LogP contribution in [0.25, 0.3) is 0 Å². The molecule has 0 spiro atoms. The summed E-state index contributed by atoms with van der Waals surface area (Å²) in [7, 11) is 1.71. The zero-order valence-corrected chi connectivity index (χ0v) is 9.57. The van der Waals surface area contributed by atoms with Crippen LogP contribution in [0.3, 0.4) is 0 Å². The van der Waals surface area contributed by atoms with Gasteiger partial charge >= 0.3 is 0 Å². The minimum Gasteiger partial charge on any atom is -0.385 e. The molecule has 86 valence electrons. The van der Waals surface area contributed by atoms with E-state index in [4.69, 9.17) is 10.5 Å². The molecule has 0 atom stereocenters. The summed E-state index contributed by atoms with van der Waals surface area (Å²) in [6, 6.07) is 0. The number of hydrogen-bond acceptors (Lipinski definition) is 4. The zero-order chi connectivity index (χ0) is 11.1. The average Bonchev–Trinajstić information content (AvgIpc) is 2.62. The van der Waals surface area contributed by atoms with Gasteiger partial charge in [0.1, 0.15) is 0 Å². The Morgan fingerprint density at radius 3 is 2.87 bits per heavy atom. The molecule has 1 aromatic heterocycles. The normalized spacial score (nSPS) is 10.9. The summed E-state index contributed by atoms with van der Waals surface area (Å²) in [5.74, 6) is 0. The molecule has 0 radical (unpaired) electrons. The maximum absolute atomic E-state index is 5.52. The van der Waals surface area contributed by atoms with Gasteiger partial charge in [0.05, 0.1) is 11.4 Å². The van der Waals surface area contributed by atoms with Gasteiger partial charge in [-0.2, -0.15) is 0 Å². The third kappa shape index (κ3) is 3.28. The second kappa shape index (κ2) is 6.53. The zero-order valence-electron chi connectivity index (χ0n) is 9.57. The van der Waals surface area contributed by atoms with Crippen molar-refractivity contribution in [3.05, 3.63) is 11.4 Å². The van der Waals surface area contributed by atoms with Gasteiger partial charge in [-0.25, -0.2) is 4.68 Å². The van der Waals surface area contributed by atoms with Crippen molar-refractivity contribution in [1.82, 2.24) is 15.0 Å². The van der Waals surface area contributed by atoms with E-state index in [1.165, 1.54) is 5.69 Å². The number of nitrogens with two attached hydrogens (primary N) is 1. The van der Waals surface area contributed by atoms with E-state index in [0.29, 0.717) is 6.54 Å². The van der Waals surface area contributed by atoms with Crippen LogP contribution in [0.4, 0.5) is 0 Å². The Hall–Kier alpha value is -0.940. The second-order valence-electron chi connectivity index (χ2n) is 3.44. The summed E-state index contributed by atoms with van der Waals surface area (Å²) in [6.07, 6.45) is 2.73. The fourth-order valence-corrected chi connectivity index (χ4v) is 1.62. The Balaban J connectivity index is 2.62. The minimum atomic E-state index is 0.629. The number of aromatic nitrogens is 3. The van der Waals surface area contributed by atoms with Crippen molar-refractivity contribution in [2.45, 2.75) is 32.7 Å². The molecule has 0 unspecified atom stereocenters. The lowest BCUT2D eigenvalue weighted by Gasteiger charge is -2.05. The first-order valence-electron chi connectivity index (χ1n) is 5.43. The van der Waals surface area contributed by atoms with E-state index in [0.717, 1.165) is 38.1 Å². The molecule has 15 heavy (non-hydrogen) atoms. The van der Waals surface area contributed by atoms with Crippen LogP contribution in [0.15, 0.2) is 0 Å². The molecule has 1 aromatic rings. The standard InChI is InChI=1S/C10H20N4O/c1-3-10-9(5-6-11)12-13-14(10)7-4-8-15-2/h3-8,11H2,1-2H3. The maximum atomic E-state index is 5.52. The van der Waals surface area contributed by atoms with Crippen LogP contribution >= 0.6 is 0 Å². The van der Waals surface area contributed by atoms with Crippen molar-refractivity contribution in [2.24, 2.45) is 5.73 Å². The summed E-state index contributed by atoms with van der Waals surface area (Å²) in [5.41, 5.74) is 7.76. The van der Waals surface area contributed by atoms with E-state index in [1.54, 1.807) is 7.11 Å². The molecule has 0 aliphatic rings. The van der Waals surface area contributed by atoms with Crippen LogP contribution in [0.1, 0.15) is 24.7 Å². The fraction of sp³-hybridized carbons (Fsp3) is 0.800. The minimum absolute atomic E-state index is 0.629. The second-order valence-corrected chi connectivity index (χ2v) is 3.44. The third-order valence-electron chi connectivity index (χ3n) is 2.35. The van der Waals surface area contributed by atoms with Crippen LogP contribution < -0.4 is 5.73 Å². The van der Waals surface area contributed by atoms with Gasteiger partial charge in [0.15, 0.2) is 0 Å². The third-order valence-corrected chi connectivity index (χ3v) is 2.35. The van der Waals surface area contributed by atoms with Crippen LogP contribution in [0.2, 0.25) is 0 Å². The molecule has 1 heterocycles. The molecule has 0 amide bonds. The van der Waals surface area contributed by atoms with E-state index in [9.17, 15) is 0 Å². The molecule has 0 fully saturated rings. The van der Waals surface area contributed by atoms with Crippen molar-refractivity contribution in [1.29, 1.82) is 0 Å². The number of methoxy groups -OCH3 is 1. The molecule has 0 aromatic carbocycles. The number of ether oxygens (including phenoxy) is 1. The predicted molar refractivity (Wildman–Crippen MR) is 58.7 cm³/mol. The monoisotopic (exact) mass is 212 g/mol. The first kappa shape index (κ1) is 12.1. The highest BCUT2D eigenvalue weighted by Crippen LogP contribution is 2.07. The van der Waals surface area contributed by atoms with E-state index >= 15 is 0 Å². The fourth-order valence-electron chi connectivity index (χ4n) is 1.62. The van der Waals surface area contributed by atoms with E-state index < -0.39 is 0 Å². The molecule has 1 rings (SSSR count). The van der Waals surface area contributed by atoms with Gasteiger partial charge in [-0.05, 0) is 19.4 Å². The van der Waals surface area contributed by atoms with Gasteiger partial charge in [-0.3, -0.25) is 0 Å². The van der Waals surface area contributed by atoms with Crippen LogP contribution in [-0.4, -0.2) is 35.3 Å². The molecule has 0 saturated carbocycles. The van der Waals surface area contributed by atoms with E-state index in [1.807, 2.05) is 4.68 Å². The molecule has 0 saturated heterocycles. The maximum Gasteiger partial charge on any atom is 0.0871 e. The number of aryl methyl sites for hydroxylation is 1. The molecule has 2 N–H and O–H groups in total. The molecular weight excluding hydrogens is 192 g/mol. The lowest BCUT2D eigenvalue weighted by atomic mass is 10.2. The highest BCUT2D eigenvalue weighted by Gasteiger charge is 2.09. The smallest absolute Gasteiger partial charge is 0.0871 e. The van der Waals surface area contributed by atoms with Crippen molar-refractivity contribution >= 4 is 0 Å². The molecule has 0 aliphatic carbocycles. The molecule has 0 aliphatic heterocycles. The number of rotatable bonds is 7. The number of hydrogen-bond donors (Lipinski definition) is 1. The Morgan fingerprint density at radius 1 is 1.47 bits per heavy atom. The SMILES string of the molecule is CCc1c(CCN)nnn1CCCOC. The quantitative estimate of drug-likeness (QED) is 0.663. The van der Waals surface area contributed by atoms with Crippen LogP contribution in [0.5, 0.6) is 0 Å². The average molecular weight is 212 g/mol. The van der Waals surface area contributed by atoms with Crippen LogP contribution in [0, 0.1) is 0 Å². The number of nitrogens with zero attached hydrogens (tertiary/aromatic N) is 3. The first-order chi connectivity index (χ1) is 7.33. The lowest BCUT2D eigenvalue weighted by molar-refractivity contribution is 0.188. The van der Waals surface area contributed by atoms with Crippen molar-refractivity contribution in [3.63, 3.8) is 0 Å².